The van der Waals surface area contributed by atoms with E-state index in [1.807, 2.05) is 24.3 Å². The van der Waals surface area contributed by atoms with Crippen LogP contribution in [0.25, 0.3) is 10.6 Å². The number of nitrogens with one attached hydrogen (secondary N) is 2. The third kappa shape index (κ3) is 4.85. The minimum Gasteiger partial charge on any atom is -0.508 e. The van der Waals surface area contributed by atoms with Crippen LogP contribution in [0.15, 0.2) is 79.3 Å². The first-order valence-corrected chi connectivity index (χ1v) is 11.0. The number of hydrogen-bond donors (Lipinski definition) is 3. The summed E-state index contributed by atoms with van der Waals surface area (Å²) in [6.07, 6.45) is 5.06. The van der Waals surface area contributed by atoms with Gasteiger partial charge in [-0.25, -0.2) is 0 Å². The highest BCUT2D eigenvalue weighted by molar-refractivity contribution is 7.17. The molecule has 4 rings (SSSR count). The molecule has 3 heterocycles. The first-order valence-electron chi connectivity index (χ1n) is 9.80. The highest BCUT2D eigenvalue weighted by atomic mass is 35.5. The Kier molecular flexibility index (Phi) is 6.58. The van der Waals surface area contributed by atoms with Gasteiger partial charge in [0.25, 0.3) is 5.91 Å². The number of phenols is 1. The smallest absolute Gasteiger partial charge is 0.261 e. The maximum atomic E-state index is 13.1. The monoisotopic (exact) mass is 462 g/mol. The summed E-state index contributed by atoms with van der Waals surface area (Å²) in [6.45, 7) is 0. The lowest BCUT2D eigenvalue weighted by atomic mass is 9.97. The number of hydrogen-bond acceptors (Lipinski definition) is 6. The van der Waals surface area contributed by atoms with Gasteiger partial charge in [-0.2, -0.15) is 0 Å². The normalized spacial score (nSPS) is 11.7. The Morgan fingerprint density at radius 2 is 1.97 bits per heavy atom. The standard InChI is InChI=1S/C24H19ClN4O2S/c25-16-6-3-8-20(30)23(16)19(13-17(26)15-5-4-11-27-14-15)29-24(31)22-10-9-21(32-22)18-7-1-2-12-28-18/h1-12,14,19,26,30H,13H2,(H,29,31). The quantitative estimate of drug-likeness (QED) is 0.316. The molecule has 0 saturated heterocycles. The molecule has 3 aromatic heterocycles. The zero-order chi connectivity index (χ0) is 22.5. The Morgan fingerprint density at radius 3 is 2.69 bits per heavy atom. The summed E-state index contributed by atoms with van der Waals surface area (Å²) in [6, 6.07) is 16.8. The van der Waals surface area contributed by atoms with Crippen molar-refractivity contribution in [3.8, 4) is 16.3 Å². The van der Waals surface area contributed by atoms with Gasteiger partial charge in [0.2, 0.25) is 0 Å². The van der Waals surface area contributed by atoms with Crippen molar-refractivity contribution in [2.45, 2.75) is 12.5 Å². The van der Waals surface area contributed by atoms with E-state index in [1.165, 1.54) is 17.4 Å². The van der Waals surface area contributed by atoms with Gasteiger partial charge in [0.05, 0.1) is 21.5 Å². The summed E-state index contributed by atoms with van der Waals surface area (Å²) >= 11 is 7.69. The Labute approximate surface area is 194 Å². The van der Waals surface area contributed by atoms with Crippen LogP contribution in [0.2, 0.25) is 5.02 Å². The minimum atomic E-state index is -0.704. The molecule has 0 saturated carbocycles. The molecule has 0 fully saturated rings. The van der Waals surface area contributed by atoms with E-state index in [0.717, 1.165) is 10.6 Å². The molecule has 32 heavy (non-hydrogen) atoms. The number of carbonyl (C=O) groups excluding carboxylic acids is 1. The fourth-order valence-corrected chi connectivity index (χ4v) is 4.48. The molecule has 0 bridgehead atoms. The number of amides is 1. The zero-order valence-corrected chi connectivity index (χ0v) is 18.4. The number of nitrogens with zero attached hydrogens (tertiary/aromatic N) is 2. The van der Waals surface area contributed by atoms with Crippen LogP contribution < -0.4 is 5.32 Å². The second-order valence-corrected chi connectivity index (χ2v) is 8.49. The highest BCUT2D eigenvalue weighted by Crippen LogP contribution is 2.34. The first kappa shape index (κ1) is 21.7. The Balaban J connectivity index is 1.61. The summed E-state index contributed by atoms with van der Waals surface area (Å²) in [5, 5.41) is 22.2. The lowest BCUT2D eigenvalue weighted by Crippen LogP contribution is -2.30. The molecular formula is C24H19ClN4O2S. The minimum absolute atomic E-state index is 0.0397. The van der Waals surface area contributed by atoms with Crippen LogP contribution in [0.4, 0.5) is 0 Å². The number of aromatic nitrogens is 2. The van der Waals surface area contributed by atoms with Crippen LogP contribution in [-0.4, -0.2) is 26.7 Å². The lowest BCUT2D eigenvalue weighted by Gasteiger charge is -2.21. The van der Waals surface area contributed by atoms with Gasteiger partial charge < -0.3 is 15.8 Å². The van der Waals surface area contributed by atoms with Crippen LogP contribution in [0.3, 0.4) is 0 Å². The van der Waals surface area contributed by atoms with Crippen molar-refractivity contribution in [2.75, 3.05) is 0 Å². The number of halogens is 1. The lowest BCUT2D eigenvalue weighted by molar-refractivity contribution is 0.0941. The highest BCUT2D eigenvalue weighted by Gasteiger charge is 2.24. The van der Waals surface area contributed by atoms with Gasteiger partial charge in [-0.05, 0) is 42.5 Å². The first-order chi connectivity index (χ1) is 15.5. The fourth-order valence-electron chi connectivity index (χ4n) is 3.29. The van der Waals surface area contributed by atoms with Crippen molar-refractivity contribution in [1.29, 1.82) is 5.41 Å². The molecule has 0 aliphatic heterocycles. The molecule has 0 radical (unpaired) electrons. The molecule has 3 N–H and O–H groups in total. The van der Waals surface area contributed by atoms with Gasteiger partial charge in [0.1, 0.15) is 5.75 Å². The van der Waals surface area contributed by atoms with E-state index in [2.05, 4.69) is 15.3 Å². The van der Waals surface area contributed by atoms with Gasteiger partial charge in [0, 0.05) is 46.9 Å². The van der Waals surface area contributed by atoms with E-state index in [-0.39, 0.29) is 23.8 Å². The van der Waals surface area contributed by atoms with Gasteiger partial charge in [-0.1, -0.05) is 29.8 Å². The summed E-state index contributed by atoms with van der Waals surface area (Å²) in [5.74, 6) is -0.359. The molecule has 8 heteroatoms. The summed E-state index contributed by atoms with van der Waals surface area (Å²) in [4.78, 5) is 22.8. The van der Waals surface area contributed by atoms with Crippen molar-refractivity contribution in [3.05, 3.63) is 100 Å². The van der Waals surface area contributed by atoms with Gasteiger partial charge in [-0.15, -0.1) is 11.3 Å². The van der Waals surface area contributed by atoms with E-state index >= 15 is 0 Å². The molecule has 0 aliphatic rings. The molecule has 0 spiro atoms. The average molecular weight is 463 g/mol. The third-order valence-electron chi connectivity index (χ3n) is 4.85. The number of phenolic OH excluding ortho intramolecular Hbond substituents is 1. The number of carbonyl (C=O) groups is 1. The largest absolute Gasteiger partial charge is 0.508 e. The predicted octanol–water partition coefficient (Wildman–Crippen LogP) is 5.49. The second kappa shape index (κ2) is 9.72. The zero-order valence-electron chi connectivity index (χ0n) is 16.8. The van der Waals surface area contributed by atoms with E-state index in [0.29, 0.717) is 21.0 Å². The molecule has 1 aromatic carbocycles. The number of thiophene rings is 1. The van der Waals surface area contributed by atoms with Crippen LogP contribution in [0, 0.1) is 5.41 Å². The van der Waals surface area contributed by atoms with Gasteiger partial charge in [0.15, 0.2) is 0 Å². The van der Waals surface area contributed by atoms with Crippen LogP contribution in [-0.2, 0) is 0 Å². The van der Waals surface area contributed by atoms with Gasteiger partial charge >= 0.3 is 0 Å². The van der Waals surface area contributed by atoms with E-state index in [4.69, 9.17) is 17.0 Å². The van der Waals surface area contributed by atoms with Crippen molar-refractivity contribution in [3.63, 3.8) is 0 Å². The summed E-state index contributed by atoms with van der Waals surface area (Å²) in [5.41, 5.74) is 2.06. The molecular weight excluding hydrogens is 444 g/mol. The SMILES string of the molecule is N=C(CC(NC(=O)c1ccc(-c2ccccn2)s1)c1c(O)cccc1Cl)c1cccnc1. The van der Waals surface area contributed by atoms with Crippen LogP contribution in [0.1, 0.15) is 33.3 Å². The number of benzene rings is 1. The maximum absolute atomic E-state index is 13.1. The Morgan fingerprint density at radius 1 is 1.09 bits per heavy atom. The van der Waals surface area contributed by atoms with Crippen LogP contribution >= 0.6 is 22.9 Å². The summed E-state index contributed by atoms with van der Waals surface area (Å²) < 4.78 is 0. The predicted molar refractivity (Wildman–Crippen MR) is 127 cm³/mol. The van der Waals surface area contributed by atoms with Crippen molar-refractivity contribution < 1.29 is 9.90 Å². The Hall–Kier alpha value is -3.55. The number of rotatable bonds is 7. The fraction of sp³-hybridized carbons (Fsp3) is 0.0833. The summed E-state index contributed by atoms with van der Waals surface area (Å²) in [7, 11) is 0. The number of pyridine rings is 2. The molecule has 4 aromatic rings. The maximum Gasteiger partial charge on any atom is 0.261 e. The van der Waals surface area contributed by atoms with E-state index in [9.17, 15) is 9.90 Å². The molecule has 1 amide bonds. The van der Waals surface area contributed by atoms with E-state index < -0.39 is 6.04 Å². The van der Waals surface area contributed by atoms with Crippen molar-refractivity contribution in [1.82, 2.24) is 15.3 Å². The van der Waals surface area contributed by atoms with Crippen LogP contribution in [0.5, 0.6) is 5.75 Å². The van der Waals surface area contributed by atoms with E-state index in [1.54, 1.807) is 48.9 Å². The molecule has 0 aliphatic carbocycles. The molecule has 160 valence electrons. The third-order valence-corrected chi connectivity index (χ3v) is 6.29. The topological polar surface area (TPSA) is 99.0 Å². The molecule has 1 atom stereocenters. The number of aromatic hydroxyl groups is 1. The average Bonchev–Trinajstić information content (AvgIpc) is 3.30. The van der Waals surface area contributed by atoms with Gasteiger partial charge in [-0.3, -0.25) is 14.8 Å². The van der Waals surface area contributed by atoms with Crippen molar-refractivity contribution >= 4 is 34.6 Å². The Bertz CT molecular complexity index is 1230. The molecule has 1 unspecified atom stereocenters. The van der Waals surface area contributed by atoms with Crippen molar-refractivity contribution in [2.24, 2.45) is 0 Å². The second-order valence-electron chi connectivity index (χ2n) is 7.00. The molecule has 6 nitrogen and oxygen atoms in total.